The number of alkyl halides is 1. The number of unbranched alkanes of at least 4 members (excludes halogenated alkanes) is 16. The van der Waals surface area contributed by atoms with Crippen molar-refractivity contribution in [3.05, 3.63) is 0 Å². The molecule has 0 N–H and O–H groups in total. The Balaban J connectivity index is 0. The van der Waals surface area contributed by atoms with E-state index in [1.54, 1.807) is 0 Å². The summed E-state index contributed by atoms with van der Waals surface area (Å²) in [5.41, 5.74) is 0. The molecule has 0 aromatic carbocycles. The van der Waals surface area contributed by atoms with Gasteiger partial charge in [-0.1, -0.05) is 150 Å². The monoisotopic (exact) mass is 402 g/mol. The minimum Gasteiger partial charge on any atom is -0.127 e. The van der Waals surface area contributed by atoms with E-state index in [1.165, 1.54) is 128 Å². The van der Waals surface area contributed by atoms with E-state index < -0.39 is 0 Å². The van der Waals surface area contributed by atoms with E-state index in [1.807, 2.05) is 0 Å². The third-order valence-electron chi connectivity index (χ3n) is 5.73. The summed E-state index contributed by atoms with van der Waals surface area (Å²) in [7, 11) is 0. The van der Waals surface area contributed by atoms with Gasteiger partial charge in [0.15, 0.2) is 0 Å². The molecule has 0 saturated heterocycles. The average molecular weight is 403 g/mol. The minimum absolute atomic E-state index is 0.827. The van der Waals surface area contributed by atoms with Gasteiger partial charge in [-0.15, -0.1) is 11.6 Å². The summed E-state index contributed by atoms with van der Waals surface area (Å²) < 4.78 is 0. The van der Waals surface area contributed by atoms with E-state index in [9.17, 15) is 0 Å². The summed E-state index contributed by atoms with van der Waals surface area (Å²) in [5, 5.41) is 0. The van der Waals surface area contributed by atoms with Crippen LogP contribution in [0.15, 0.2) is 0 Å². The van der Waals surface area contributed by atoms with Crippen molar-refractivity contribution in [2.45, 2.75) is 156 Å². The van der Waals surface area contributed by atoms with Crippen molar-refractivity contribution in [1.82, 2.24) is 0 Å². The summed E-state index contributed by atoms with van der Waals surface area (Å²) in [6.07, 6.45) is 28.6. The highest BCUT2D eigenvalue weighted by molar-refractivity contribution is 6.17. The fourth-order valence-corrected chi connectivity index (χ4v) is 3.60. The molecule has 1 unspecified atom stereocenters. The molecule has 1 atom stereocenters. The van der Waals surface area contributed by atoms with Gasteiger partial charge in [-0.25, -0.2) is 0 Å². The van der Waals surface area contributed by atoms with Crippen LogP contribution in [0.25, 0.3) is 0 Å². The molecule has 27 heavy (non-hydrogen) atoms. The minimum atomic E-state index is 0.827. The summed E-state index contributed by atoms with van der Waals surface area (Å²) in [5.74, 6) is 1.78. The zero-order valence-corrected chi connectivity index (χ0v) is 20.6. The van der Waals surface area contributed by atoms with Crippen LogP contribution >= 0.6 is 11.6 Å². The highest BCUT2D eigenvalue weighted by Crippen LogP contribution is 2.16. The van der Waals surface area contributed by atoms with E-state index in [0.717, 1.165) is 11.8 Å². The van der Waals surface area contributed by atoms with Crippen molar-refractivity contribution in [2.75, 3.05) is 5.88 Å². The van der Waals surface area contributed by atoms with Gasteiger partial charge < -0.3 is 0 Å². The maximum Gasteiger partial charge on any atom is 0.0223 e. The Labute approximate surface area is 179 Å². The molecule has 0 aliphatic heterocycles. The molecule has 0 aromatic rings. The number of hydrogen-bond acceptors (Lipinski definition) is 0. The Morgan fingerprint density at radius 3 is 1.11 bits per heavy atom. The van der Waals surface area contributed by atoms with Gasteiger partial charge in [0.1, 0.15) is 0 Å². The van der Waals surface area contributed by atoms with Crippen molar-refractivity contribution < 1.29 is 0 Å². The first-order valence-electron chi connectivity index (χ1n) is 12.8. The van der Waals surface area contributed by atoms with E-state index in [0.29, 0.717) is 0 Å². The Kier molecular flexibility index (Phi) is 31.1. The second-order valence-electron chi connectivity index (χ2n) is 8.65. The summed E-state index contributed by atoms with van der Waals surface area (Å²) in [6.45, 7) is 9.18. The summed E-state index contributed by atoms with van der Waals surface area (Å²) in [4.78, 5) is 0. The first kappa shape index (κ1) is 29.5. The molecule has 0 spiro atoms. The van der Waals surface area contributed by atoms with E-state index in [-0.39, 0.29) is 0 Å². The molecule has 0 saturated carbocycles. The van der Waals surface area contributed by atoms with E-state index in [2.05, 4.69) is 27.7 Å². The predicted molar refractivity (Wildman–Crippen MR) is 129 cm³/mol. The van der Waals surface area contributed by atoms with Gasteiger partial charge in [-0.2, -0.15) is 0 Å². The van der Waals surface area contributed by atoms with Gasteiger partial charge in [-0.05, 0) is 12.3 Å². The van der Waals surface area contributed by atoms with E-state index >= 15 is 0 Å². The van der Waals surface area contributed by atoms with Crippen molar-refractivity contribution >= 4 is 11.6 Å². The van der Waals surface area contributed by atoms with Crippen LogP contribution in [0.2, 0.25) is 0 Å². The molecule has 0 amide bonds. The molecule has 0 nitrogen and oxygen atoms in total. The fraction of sp³-hybridized carbons (Fsp3) is 1.00. The molecular weight excluding hydrogens is 348 g/mol. The maximum absolute atomic E-state index is 5.38. The third kappa shape index (κ3) is 31.2. The summed E-state index contributed by atoms with van der Waals surface area (Å²) in [6, 6.07) is 0. The van der Waals surface area contributed by atoms with Crippen molar-refractivity contribution in [1.29, 1.82) is 0 Å². The first-order valence-corrected chi connectivity index (χ1v) is 13.3. The molecule has 0 rings (SSSR count). The second kappa shape index (κ2) is 28.5. The van der Waals surface area contributed by atoms with Crippen LogP contribution in [0.3, 0.4) is 0 Å². The predicted octanol–water partition coefficient (Wildman–Crippen LogP) is 10.7. The lowest BCUT2D eigenvalue weighted by Crippen LogP contribution is -1.91. The van der Waals surface area contributed by atoms with Crippen LogP contribution < -0.4 is 0 Å². The molecule has 0 bridgehead atoms. The van der Waals surface area contributed by atoms with Gasteiger partial charge >= 0.3 is 0 Å². The number of rotatable bonds is 20. The van der Waals surface area contributed by atoms with Gasteiger partial charge in [0, 0.05) is 5.88 Å². The number of halogens is 1. The molecule has 0 heterocycles. The third-order valence-corrected chi connectivity index (χ3v) is 6.00. The molecule has 0 fully saturated rings. The number of hydrogen-bond donors (Lipinski definition) is 0. The second-order valence-corrected chi connectivity index (χ2v) is 9.03. The van der Waals surface area contributed by atoms with Crippen molar-refractivity contribution in [3.8, 4) is 0 Å². The van der Waals surface area contributed by atoms with E-state index in [4.69, 9.17) is 11.6 Å². The Bertz CT molecular complexity index is 222. The lowest BCUT2D eigenvalue weighted by molar-refractivity contribution is 0.468. The van der Waals surface area contributed by atoms with Gasteiger partial charge in [0.2, 0.25) is 0 Å². The highest BCUT2D eigenvalue weighted by Gasteiger charge is 1.98. The van der Waals surface area contributed by atoms with Crippen molar-refractivity contribution in [3.63, 3.8) is 0 Å². The van der Waals surface area contributed by atoms with Crippen LogP contribution in [-0.2, 0) is 0 Å². The SMILES string of the molecule is CCCCCCCCCCCCCCCCCC(C)CC.CCCCCCl. The van der Waals surface area contributed by atoms with Gasteiger partial charge in [0.25, 0.3) is 0 Å². The van der Waals surface area contributed by atoms with Crippen LogP contribution in [-0.4, -0.2) is 5.88 Å². The first-order chi connectivity index (χ1) is 13.2. The zero-order valence-electron chi connectivity index (χ0n) is 19.8. The topological polar surface area (TPSA) is 0 Å². The Morgan fingerprint density at radius 1 is 0.481 bits per heavy atom. The molecule has 0 aromatic heterocycles. The smallest absolute Gasteiger partial charge is 0.0223 e. The molecule has 0 aliphatic carbocycles. The zero-order chi connectivity index (χ0) is 20.4. The summed E-state index contributed by atoms with van der Waals surface area (Å²) >= 11 is 5.38. The Hall–Kier alpha value is 0.290. The lowest BCUT2D eigenvalue weighted by atomic mass is 9.99. The van der Waals surface area contributed by atoms with Gasteiger partial charge in [-0.3, -0.25) is 0 Å². The largest absolute Gasteiger partial charge is 0.127 e. The highest BCUT2D eigenvalue weighted by atomic mass is 35.5. The standard InChI is InChI=1S/C21H44.C5H11Cl/c1-4-6-7-8-9-10-11-12-13-14-15-16-17-18-19-20-21(3)5-2;1-2-3-4-5-6/h21H,4-20H2,1-3H3;2-5H2,1H3. The lowest BCUT2D eigenvalue weighted by Gasteiger charge is -2.07. The molecule has 166 valence electrons. The quantitative estimate of drug-likeness (QED) is 0.140. The van der Waals surface area contributed by atoms with Crippen LogP contribution in [0.5, 0.6) is 0 Å². The molecule has 1 heteroatoms. The van der Waals surface area contributed by atoms with Crippen LogP contribution in [0, 0.1) is 5.92 Å². The average Bonchev–Trinajstić information content (AvgIpc) is 2.69. The molecular formula is C26H55Cl. The van der Waals surface area contributed by atoms with Gasteiger partial charge in [0.05, 0.1) is 0 Å². The van der Waals surface area contributed by atoms with Crippen LogP contribution in [0.1, 0.15) is 156 Å². The Morgan fingerprint density at radius 2 is 0.815 bits per heavy atom. The normalized spacial score (nSPS) is 11.9. The maximum atomic E-state index is 5.38. The van der Waals surface area contributed by atoms with Crippen LogP contribution in [0.4, 0.5) is 0 Å². The molecule has 0 aliphatic rings. The molecule has 0 radical (unpaired) electrons. The fourth-order valence-electron chi connectivity index (χ4n) is 3.41. The van der Waals surface area contributed by atoms with Crippen molar-refractivity contribution in [2.24, 2.45) is 5.92 Å².